The molecule has 0 spiro atoms. The largest absolute Gasteiger partial charge is 0.379 e. The van der Waals surface area contributed by atoms with E-state index in [4.69, 9.17) is 4.74 Å². The van der Waals surface area contributed by atoms with Gasteiger partial charge < -0.3 is 20.3 Å². The molecule has 23 heavy (non-hydrogen) atoms. The summed E-state index contributed by atoms with van der Waals surface area (Å²) in [5.74, 6) is 1.57. The second kappa shape index (κ2) is 9.48. The Hall–Kier alpha value is -0.810. The Labute approximate surface area is 143 Å². The van der Waals surface area contributed by atoms with Crippen molar-refractivity contribution in [3.8, 4) is 0 Å². The topological polar surface area (TPSA) is 48.9 Å². The maximum atomic E-state index is 5.59. The van der Waals surface area contributed by atoms with Crippen molar-refractivity contribution in [1.29, 1.82) is 0 Å². The summed E-state index contributed by atoms with van der Waals surface area (Å²) in [6.07, 6.45) is 2.76. The highest BCUT2D eigenvalue weighted by Gasteiger charge is 2.25. The Kier molecular flexibility index (Phi) is 8.34. The number of hydrogen-bond acceptors (Lipinski definition) is 3. The monoisotopic (exact) mass is 326 g/mol. The molecule has 0 aromatic rings. The van der Waals surface area contributed by atoms with Gasteiger partial charge in [-0.1, -0.05) is 20.8 Å². The summed E-state index contributed by atoms with van der Waals surface area (Å²) in [5.41, 5.74) is 0.113. The van der Waals surface area contributed by atoms with E-state index in [1.165, 1.54) is 25.9 Å². The molecule has 1 rings (SSSR count). The summed E-state index contributed by atoms with van der Waals surface area (Å²) in [6.45, 7) is 15.3. The number of hydrogen-bond donors (Lipinski definition) is 2. The summed E-state index contributed by atoms with van der Waals surface area (Å²) < 4.78 is 5.59. The van der Waals surface area contributed by atoms with Crippen molar-refractivity contribution >= 4 is 5.96 Å². The molecule has 1 fully saturated rings. The van der Waals surface area contributed by atoms with E-state index in [1.54, 1.807) is 7.11 Å². The normalized spacial score (nSPS) is 22.3. The third-order valence-electron chi connectivity index (χ3n) is 4.77. The van der Waals surface area contributed by atoms with E-state index in [9.17, 15) is 0 Å². The fraction of sp³-hybridized carbons (Fsp3) is 0.944. The van der Waals surface area contributed by atoms with Gasteiger partial charge in [0.25, 0.3) is 0 Å². The predicted octanol–water partition coefficient (Wildman–Crippen LogP) is 2.33. The van der Waals surface area contributed by atoms with E-state index >= 15 is 0 Å². The molecule has 2 atom stereocenters. The van der Waals surface area contributed by atoms with Gasteiger partial charge in [-0.2, -0.15) is 0 Å². The predicted molar refractivity (Wildman–Crippen MR) is 99.0 cm³/mol. The zero-order valence-electron chi connectivity index (χ0n) is 16.3. The van der Waals surface area contributed by atoms with Crippen LogP contribution in [-0.2, 0) is 4.74 Å². The van der Waals surface area contributed by atoms with Crippen molar-refractivity contribution in [1.82, 2.24) is 15.5 Å². The van der Waals surface area contributed by atoms with Crippen molar-refractivity contribution in [3.63, 3.8) is 0 Å². The van der Waals surface area contributed by atoms with Gasteiger partial charge in [0.2, 0.25) is 0 Å². The first-order chi connectivity index (χ1) is 10.8. The SMILES string of the molecule is CN=C(NCC1CCCN(C(C)C)C1)NCC(OC)C(C)(C)C. The summed E-state index contributed by atoms with van der Waals surface area (Å²) in [6, 6.07) is 0.643. The first kappa shape index (κ1) is 20.2. The van der Waals surface area contributed by atoms with Crippen LogP contribution in [0.2, 0.25) is 0 Å². The summed E-state index contributed by atoms with van der Waals surface area (Å²) in [4.78, 5) is 6.92. The molecule has 0 aromatic heterocycles. The number of nitrogens with one attached hydrogen (secondary N) is 2. The molecule has 5 nitrogen and oxygen atoms in total. The van der Waals surface area contributed by atoms with Crippen LogP contribution < -0.4 is 10.6 Å². The molecule has 1 saturated heterocycles. The minimum Gasteiger partial charge on any atom is -0.379 e. The van der Waals surface area contributed by atoms with E-state index in [0.29, 0.717) is 12.0 Å². The van der Waals surface area contributed by atoms with Crippen LogP contribution in [0.5, 0.6) is 0 Å². The summed E-state index contributed by atoms with van der Waals surface area (Å²) in [5, 5.41) is 6.89. The second-order valence-electron chi connectivity index (χ2n) is 8.02. The van der Waals surface area contributed by atoms with E-state index in [1.807, 2.05) is 7.05 Å². The lowest BCUT2D eigenvalue weighted by Crippen LogP contribution is -2.48. The van der Waals surface area contributed by atoms with Crippen molar-refractivity contribution in [3.05, 3.63) is 0 Å². The Morgan fingerprint density at radius 2 is 2.00 bits per heavy atom. The third-order valence-corrected chi connectivity index (χ3v) is 4.77. The molecule has 1 aliphatic rings. The highest BCUT2D eigenvalue weighted by atomic mass is 16.5. The van der Waals surface area contributed by atoms with Gasteiger partial charge >= 0.3 is 0 Å². The number of methoxy groups -OCH3 is 1. The number of likely N-dealkylation sites (tertiary alicyclic amines) is 1. The zero-order valence-corrected chi connectivity index (χ0v) is 16.3. The average molecular weight is 327 g/mol. The van der Waals surface area contributed by atoms with Crippen LogP contribution in [0.15, 0.2) is 4.99 Å². The van der Waals surface area contributed by atoms with Crippen LogP contribution in [-0.4, -0.2) is 63.3 Å². The number of nitrogens with zero attached hydrogens (tertiary/aromatic N) is 2. The highest BCUT2D eigenvalue weighted by Crippen LogP contribution is 2.21. The Morgan fingerprint density at radius 1 is 1.30 bits per heavy atom. The average Bonchev–Trinajstić information content (AvgIpc) is 2.49. The van der Waals surface area contributed by atoms with Gasteiger partial charge in [0.15, 0.2) is 5.96 Å². The second-order valence-corrected chi connectivity index (χ2v) is 8.02. The molecule has 1 heterocycles. The fourth-order valence-corrected chi connectivity index (χ4v) is 3.13. The zero-order chi connectivity index (χ0) is 17.5. The molecule has 0 saturated carbocycles. The van der Waals surface area contributed by atoms with Crippen LogP contribution in [0.3, 0.4) is 0 Å². The molecule has 0 radical (unpaired) electrons. The first-order valence-electron chi connectivity index (χ1n) is 8.99. The van der Waals surface area contributed by atoms with Crippen molar-refractivity contribution in [2.24, 2.45) is 16.3 Å². The third kappa shape index (κ3) is 7.08. The number of guanidine groups is 1. The van der Waals surface area contributed by atoms with Gasteiger partial charge in [-0.05, 0) is 44.6 Å². The molecule has 0 amide bonds. The van der Waals surface area contributed by atoms with Crippen LogP contribution in [0.25, 0.3) is 0 Å². The molecule has 5 heteroatoms. The molecule has 1 aliphatic heterocycles. The molecule has 136 valence electrons. The molecule has 2 unspecified atom stereocenters. The number of aliphatic imine (C=N–C) groups is 1. The highest BCUT2D eigenvalue weighted by molar-refractivity contribution is 5.79. The Bertz CT molecular complexity index is 363. The lowest BCUT2D eigenvalue weighted by atomic mass is 9.89. The molecule has 0 aliphatic carbocycles. The quantitative estimate of drug-likeness (QED) is 0.581. The standard InChI is InChI=1S/C18H38N4O/c1-14(2)22-10-8-9-15(13-22)11-20-17(19-6)21-12-16(23-7)18(3,4)5/h14-16H,8-13H2,1-7H3,(H2,19,20,21). The Balaban J connectivity index is 2.39. The van der Waals surface area contributed by atoms with E-state index in [2.05, 4.69) is 55.1 Å². The van der Waals surface area contributed by atoms with Crippen LogP contribution in [0.4, 0.5) is 0 Å². The first-order valence-corrected chi connectivity index (χ1v) is 8.99. The fourth-order valence-electron chi connectivity index (χ4n) is 3.13. The lowest BCUT2D eigenvalue weighted by Gasteiger charge is -2.35. The van der Waals surface area contributed by atoms with Gasteiger partial charge in [-0.3, -0.25) is 4.99 Å². The van der Waals surface area contributed by atoms with Crippen molar-refractivity contribution < 1.29 is 4.74 Å². The Morgan fingerprint density at radius 3 is 2.52 bits per heavy atom. The van der Waals surface area contributed by atoms with Crippen LogP contribution in [0, 0.1) is 11.3 Å². The van der Waals surface area contributed by atoms with Crippen molar-refractivity contribution in [2.75, 3.05) is 40.3 Å². The minimum absolute atomic E-state index is 0.113. The van der Waals surface area contributed by atoms with E-state index < -0.39 is 0 Å². The van der Waals surface area contributed by atoms with Crippen LogP contribution >= 0.6 is 0 Å². The van der Waals surface area contributed by atoms with Gasteiger partial charge in [0.1, 0.15) is 0 Å². The minimum atomic E-state index is 0.113. The van der Waals surface area contributed by atoms with Gasteiger partial charge in [0, 0.05) is 39.8 Å². The number of rotatable bonds is 6. The molecule has 0 aromatic carbocycles. The van der Waals surface area contributed by atoms with Gasteiger partial charge in [-0.15, -0.1) is 0 Å². The van der Waals surface area contributed by atoms with E-state index in [0.717, 1.165) is 19.0 Å². The van der Waals surface area contributed by atoms with E-state index in [-0.39, 0.29) is 11.5 Å². The summed E-state index contributed by atoms with van der Waals surface area (Å²) in [7, 11) is 3.60. The smallest absolute Gasteiger partial charge is 0.191 e. The number of piperidine rings is 1. The molecular weight excluding hydrogens is 288 g/mol. The van der Waals surface area contributed by atoms with Gasteiger partial charge in [-0.25, -0.2) is 0 Å². The molecule has 0 bridgehead atoms. The molecular formula is C18H38N4O. The molecule has 2 N–H and O–H groups in total. The lowest BCUT2D eigenvalue weighted by molar-refractivity contribution is 0.0205. The maximum Gasteiger partial charge on any atom is 0.191 e. The van der Waals surface area contributed by atoms with Crippen molar-refractivity contribution in [2.45, 2.75) is 59.6 Å². The van der Waals surface area contributed by atoms with Crippen LogP contribution in [0.1, 0.15) is 47.5 Å². The maximum absolute atomic E-state index is 5.59. The van der Waals surface area contributed by atoms with Gasteiger partial charge in [0.05, 0.1) is 6.10 Å². The number of ether oxygens (including phenoxy) is 1. The summed E-state index contributed by atoms with van der Waals surface area (Å²) >= 11 is 0.